The van der Waals surface area contributed by atoms with E-state index >= 15 is 0 Å². The Labute approximate surface area is 153 Å². The van der Waals surface area contributed by atoms with Gasteiger partial charge >= 0.3 is 0 Å². The fraction of sp³-hybridized carbons (Fsp3) is 0.556. The summed E-state index contributed by atoms with van der Waals surface area (Å²) in [6.07, 6.45) is 3.92. The van der Waals surface area contributed by atoms with Gasteiger partial charge in [-0.05, 0) is 49.9 Å². The molecule has 0 bridgehead atoms. The molecule has 1 amide bonds. The minimum absolute atomic E-state index is 0.0504. The van der Waals surface area contributed by atoms with E-state index in [0.29, 0.717) is 31.5 Å². The second-order valence-corrected chi connectivity index (χ2v) is 8.53. The highest BCUT2D eigenvalue weighted by Crippen LogP contribution is 2.14. The highest BCUT2D eigenvalue weighted by Gasteiger charge is 2.23. The molecule has 0 unspecified atom stereocenters. The fourth-order valence-electron chi connectivity index (χ4n) is 2.85. The van der Waals surface area contributed by atoms with E-state index < -0.39 is 15.8 Å². The van der Waals surface area contributed by atoms with Gasteiger partial charge < -0.3 is 5.32 Å². The molecule has 0 atom stereocenters. The standard InChI is InChI=1S/C18H25FN2O4S/c19-16-9-7-15(8-10-16)17(22)14-20-18(23)6-2-5-13-26(24,25)21-11-3-1-4-12-21/h7-10H,1-6,11-14H2,(H,20,23). The molecule has 144 valence electrons. The molecule has 1 fully saturated rings. The first-order valence-electron chi connectivity index (χ1n) is 8.92. The first-order chi connectivity index (χ1) is 12.4. The van der Waals surface area contributed by atoms with Crippen LogP contribution in [0.15, 0.2) is 24.3 Å². The Bertz CT molecular complexity index is 713. The molecule has 0 aliphatic carbocycles. The summed E-state index contributed by atoms with van der Waals surface area (Å²) < 4.78 is 38.7. The zero-order valence-electron chi connectivity index (χ0n) is 14.7. The average Bonchev–Trinajstić information content (AvgIpc) is 2.64. The first-order valence-corrected chi connectivity index (χ1v) is 10.5. The van der Waals surface area contributed by atoms with Crippen LogP contribution in [0.4, 0.5) is 4.39 Å². The zero-order valence-corrected chi connectivity index (χ0v) is 15.6. The lowest BCUT2D eigenvalue weighted by atomic mass is 10.1. The monoisotopic (exact) mass is 384 g/mol. The number of halogens is 1. The molecule has 0 radical (unpaired) electrons. The molecule has 6 nitrogen and oxygen atoms in total. The van der Waals surface area contributed by atoms with E-state index in [0.717, 1.165) is 19.3 Å². The third-order valence-corrected chi connectivity index (χ3v) is 6.33. The van der Waals surface area contributed by atoms with Crippen molar-refractivity contribution < 1.29 is 22.4 Å². The van der Waals surface area contributed by atoms with Gasteiger partial charge in [-0.3, -0.25) is 9.59 Å². The van der Waals surface area contributed by atoms with Crippen LogP contribution in [0.1, 0.15) is 48.9 Å². The van der Waals surface area contributed by atoms with Crippen molar-refractivity contribution in [1.29, 1.82) is 0 Å². The largest absolute Gasteiger partial charge is 0.349 e. The van der Waals surface area contributed by atoms with Gasteiger partial charge in [0.2, 0.25) is 15.9 Å². The number of unbranched alkanes of at least 4 members (excludes halogenated alkanes) is 1. The van der Waals surface area contributed by atoms with Crippen LogP contribution < -0.4 is 5.32 Å². The molecule has 0 aromatic heterocycles. The topological polar surface area (TPSA) is 83.6 Å². The number of benzene rings is 1. The molecule has 1 aliphatic rings. The van der Waals surface area contributed by atoms with Gasteiger partial charge in [-0.15, -0.1) is 0 Å². The van der Waals surface area contributed by atoms with E-state index in [4.69, 9.17) is 0 Å². The Morgan fingerprint density at radius 2 is 1.69 bits per heavy atom. The number of amides is 1. The van der Waals surface area contributed by atoms with E-state index in [1.54, 1.807) is 0 Å². The van der Waals surface area contributed by atoms with Crippen LogP contribution in [0.5, 0.6) is 0 Å². The Kier molecular flexibility index (Phi) is 7.71. The second kappa shape index (κ2) is 9.78. The predicted molar refractivity (Wildman–Crippen MR) is 96.8 cm³/mol. The van der Waals surface area contributed by atoms with Crippen LogP contribution in [-0.2, 0) is 14.8 Å². The van der Waals surface area contributed by atoms with Crippen molar-refractivity contribution in [2.75, 3.05) is 25.4 Å². The van der Waals surface area contributed by atoms with Crippen LogP contribution in [0.2, 0.25) is 0 Å². The summed E-state index contributed by atoms with van der Waals surface area (Å²) in [6.45, 7) is 1.03. The fourth-order valence-corrected chi connectivity index (χ4v) is 4.49. The molecular formula is C18H25FN2O4S. The minimum atomic E-state index is -3.23. The number of sulfonamides is 1. The SMILES string of the molecule is O=C(CCCCS(=O)(=O)N1CCCCC1)NCC(=O)c1ccc(F)cc1. The lowest BCUT2D eigenvalue weighted by Crippen LogP contribution is -2.37. The van der Waals surface area contributed by atoms with Gasteiger partial charge in [0, 0.05) is 25.1 Å². The number of piperidine rings is 1. The molecule has 8 heteroatoms. The van der Waals surface area contributed by atoms with Gasteiger partial charge in [-0.2, -0.15) is 0 Å². The molecule has 1 saturated heterocycles. The molecular weight excluding hydrogens is 359 g/mol. The van der Waals surface area contributed by atoms with E-state index in [-0.39, 0.29) is 30.4 Å². The van der Waals surface area contributed by atoms with Gasteiger partial charge in [-0.25, -0.2) is 17.1 Å². The van der Waals surface area contributed by atoms with Gasteiger partial charge in [0.1, 0.15) is 5.82 Å². The van der Waals surface area contributed by atoms with Crippen molar-refractivity contribution >= 4 is 21.7 Å². The van der Waals surface area contributed by atoms with Gasteiger partial charge in [0.15, 0.2) is 5.78 Å². The van der Waals surface area contributed by atoms with Crippen molar-refractivity contribution in [2.45, 2.75) is 38.5 Å². The second-order valence-electron chi connectivity index (χ2n) is 6.44. The maximum atomic E-state index is 12.8. The number of hydrogen-bond donors (Lipinski definition) is 1. The molecule has 1 aliphatic heterocycles. The molecule has 0 saturated carbocycles. The number of rotatable bonds is 9. The third-order valence-electron chi connectivity index (χ3n) is 4.38. The number of ketones is 1. The van der Waals surface area contributed by atoms with Crippen molar-refractivity contribution in [3.63, 3.8) is 0 Å². The van der Waals surface area contributed by atoms with Crippen LogP contribution in [-0.4, -0.2) is 49.8 Å². The van der Waals surface area contributed by atoms with E-state index in [2.05, 4.69) is 5.32 Å². The number of Topliss-reactive ketones (excluding diaryl/α,β-unsaturated/α-hetero) is 1. The summed E-state index contributed by atoms with van der Waals surface area (Å²) in [5.41, 5.74) is 0.333. The Hall–Kier alpha value is -1.80. The maximum absolute atomic E-state index is 12.8. The molecule has 2 rings (SSSR count). The number of hydrogen-bond acceptors (Lipinski definition) is 4. The maximum Gasteiger partial charge on any atom is 0.220 e. The van der Waals surface area contributed by atoms with Crippen LogP contribution >= 0.6 is 0 Å². The lowest BCUT2D eigenvalue weighted by molar-refractivity contribution is -0.121. The third kappa shape index (κ3) is 6.49. The van der Waals surface area contributed by atoms with Crippen molar-refractivity contribution in [3.05, 3.63) is 35.6 Å². The summed E-state index contributed by atoms with van der Waals surface area (Å²) in [6, 6.07) is 5.13. The lowest BCUT2D eigenvalue weighted by Gasteiger charge is -2.25. The van der Waals surface area contributed by atoms with Crippen molar-refractivity contribution in [2.24, 2.45) is 0 Å². The molecule has 1 aromatic rings. The summed E-state index contributed by atoms with van der Waals surface area (Å²) >= 11 is 0. The number of carbonyl (C=O) groups is 2. The van der Waals surface area contributed by atoms with E-state index in [9.17, 15) is 22.4 Å². The Balaban J connectivity index is 1.64. The molecule has 1 N–H and O–H groups in total. The normalized spacial score (nSPS) is 15.6. The van der Waals surface area contributed by atoms with Gasteiger partial charge in [0.05, 0.1) is 12.3 Å². The van der Waals surface area contributed by atoms with E-state index in [1.165, 1.54) is 28.6 Å². The molecule has 1 aromatic carbocycles. The Morgan fingerprint density at radius 3 is 2.35 bits per heavy atom. The minimum Gasteiger partial charge on any atom is -0.349 e. The number of carbonyl (C=O) groups excluding carboxylic acids is 2. The van der Waals surface area contributed by atoms with Crippen LogP contribution in [0, 0.1) is 5.82 Å². The van der Waals surface area contributed by atoms with Crippen molar-refractivity contribution in [1.82, 2.24) is 9.62 Å². The molecule has 1 heterocycles. The zero-order chi connectivity index (χ0) is 19.0. The molecule has 0 spiro atoms. The summed E-state index contributed by atoms with van der Waals surface area (Å²) in [4.78, 5) is 23.7. The first kappa shape index (κ1) is 20.5. The highest BCUT2D eigenvalue weighted by molar-refractivity contribution is 7.89. The Morgan fingerprint density at radius 1 is 1.04 bits per heavy atom. The van der Waals surface area contributed by atoms with Gasteiger partial charge in [0.25, 0.3) is 0 Å². The number of nitrogens with one attached hydrogen (secondary N) is 1. The smallest absolute Gasteiger partial charge is 0.220 e. The summed E-state index contributed by atoms with van der Waals surface area (Å²) in [5, 5.41) is 2.51. The predicted octanol–water partition coefficient (Wildman–Crippen LogP) is 2.11. The summed E-state index contributed by atoms with van der Waals surface area (Å²) in [5.74, 6) is -0.971. The molecule has 26 heavy (non-hydrogen) atoms. The van der Waals surface area contributed by atoms with Crippen LogP contribution in [0.25, 0.3) is 0 Å². The average molecular weight is 384 g/mol. The summed E-state index contributed by atoms with van der Waals surface area (Å²) in [7, 11) is -3.23. The van der Waals surface area contributed by atoms with E-state index in [1.807, 2.05) is 0 Å². The highest BCUT2D eigenvalue weighted by atomic mass is 32.2. The number of nitrogens with zero attached hydrogens (tertiary/aromatic N) is 1. The van der Waals surface area contributed by atoms with Crippen molar-refractivity contribution in [3.8, 4) is 0 Å². The van der Waals surface area contributed by atoms with Gasteiger partial charge in [-0.1, -0.05) is 6.42 Å². The van der Waals surface area contributed by atoms with Crippen LogP contribution in [0.3, 0.4) is 0 Å². The quantitative estimate of drug-likeness (QED) is 0.522.